The van der Waals surface area contributed by atoms with Crippen LogP contribution >= 0.6 is 0 Å². The van der Waals surface area contributed by atoms with Gasteiger partial charge in [-0.1, -0.05) is 109 Å². The standard InChI is InChI=1S/C31H21N3/c1-3-9-22(10-4-1)29-20-30(23-11-5-2-6-12-23)34-31(33-29)25-17-15-24(16-18-25)28-19-26-13-7-8-14-27(26)21-32-28/h1-21H. The molecule has 0 unspecified atom stereocenters. The normalized spacial score (nSPS) is 10.9. The molecule has 0 N–H and O–H groups in total. The molecule has 0 atom stereocenters. The maximum Gasteiger partial charge on any atom is 0.160 e. The van der Waals surface area contributed by atoms with E-state index in [0.717, 1.165) is 44.7 Å². The monoisotopic (exact) mass is 435 g/mol. The van der Waals surface area contributed by atoms with Crippen LogP contribution in [0.2, 0.25) is 0 Å². The smallest absolute Gasteiger partial charge is 0.160 e. The zero-order chi connectivity index (χ0) is 22.7. The minimum atomic E-state index is 0.707. The van der Waals surface area contributed by atoms with Gasteiger partial charge in [-0.25, -0.2) is 9.97 Å². The lowest BCUT2D eigenvalue weighted by Gasteiger charge is -2.10. The third kappa shape index (κ3) is 3.96. The summed E-state index contributed by atoms with van der Waals surface area (Å²) < 4.78 is 0. The first-order chi connectivity index (χ1) is 16.8. The lowest BCUT2D eigenvalue weighted by atomic mass is 10.0. The summed E-state index contributed by atoms with van der Waals surface area (Å²) in [6.07, 6.45) is 1.93. The van der Waals surface area contributed by atoms with E-state index in [1.165, 1.54) is 5.39 Å². The van der Waals surface area contributed by atoms with Crippen LogP contribution in [0, 0.1) is 0 Å². The van der Waals surface area contributed by atoms with Crippen molar-refractivity contribution < 1.29 is 0 Å². The lowest BCUT2D eigenvalue weighted by molar-refractivity contribution is 1.18. The number of pyridine rings is 1. The van der Waals surface area contributed by atoms with Gasteiger partial charge in [0.2, 0.25) is 0 Å². The van der Waals surface area contributed by atoms with E-state index in [-0.39, 0.29) is 0 Å². The molecule has 160 valence electrons. The first-order valence-electron chi connectivity index (χ1n) is 11.3. The molecule has 0 fully saturated rings. The van der Waals surface area contributed by atoms with E-state index in [1.807, 2.05) is 48.7 Å². The van der Waals surface area contributed by atoms with Crippen LogP contribution in [0.3, 0.4) is 0 Å². The van der Waals surface area contributed by atoms with Gasteiger partial charge in [0, 0.05) is 33.8 Å². The summed E-state index contributed by atoms with van der Waals surface area (Å²) >= 11 is 0. The second kappa shape index (κ2) is 8.72. The van der Waals surface area contributed by atoms with E-state index in [0.29, 0.717) is 5.82 Å². The number of fused-ring (bicyclic) bond motifs is 1. The number of hydrogen-bond donors (Lipinski definition) is 0. The second-order valence-corrected chi connectivity index (χ2v) is 8.19. The van der Waals surface area contributed by atoms with Crippen LogP contribution in [0.25, 0.3) is 55.9 Å². The van der Waals surface area contributed by atoms with Gasteiger partial charge < -0.3 is 0 Å². The predicted molar refractivity (Wildman–Crippen MR) is 139 cm³/mol. The second-order valence-electron chi connectivity index (χ2n) is 8.19. The van der Waals surface area contributed by atoms with Gasteiger partial charge in [-0.05, 0) is 17.5 Å². The molecule has 2 aromatic heterocycles. The van der Waals surface area contributed by atoms with Crippen LogP contribution in [0.15, 0.2) is 128 Å². The van der Waals surface area contributed by atoms with Gasteiger partial charge in [-0.3, -0.25) is 4.98 Å². The molecule has 0 aliphatic heterocycles. The van der Waals surface area contributed by atoms with Crippen LogP contribution in [0.4, 0.5) is 0 Å². The van der Waals surface area contributed by atoms with Crippen molar-refractivity contribution in [1.29, 1.82) is 0 Å². The summed E-state index contributed by atoms with van der Waals surface area (Å²) in [6.45, 7) is 0. The Morgan fingerprint density at radius 1 is 0.382 bits per heavy atom. The Kier molecular flexibility index (Phi) is 5.13. The molecule has 4 aromatic carbocycles. The van der Waals surface area contributed by atoms with Crippen molar-refractivity contribution >= 4 is 10.8 Å². The molecule has 0 radical (unpaired) electrons. The van der Waals surface area contributed by atoms with Crippen molar-refractivity contribution in [3.63, 3.8) is 0 Å². The van der Waals surface area contributed by atoms with Crippen LogP contribution in [-0.4, -0.2) is 15.0 Å². The Bertz CT molecular complexity index is 1520. The number of benzene rings is 4. The summed E-state index contributed by atoms with van der Waals surface area (Å²) in [6, 6.07) is 41.3. The molecule has 0 amide bonds. The first kappa shape index (κ1) is 20.0. The van der Waals surface area contributed by atoms with Crippen LogP contribution in [0.5, 0.6) is 0 Å². The van der Waals surface area contributed by atoms with Gasteiger partial charge in [-0.15, -0.1) is 0 Å². The van der Waals surface area contributed by atoms with Gasteiger partial charge in [-0.2, -0.15) is 0 Å². The van der Waals surface area contributed by atoms with E-state index in [2.05, 4.69) is 83.8 Å². The third-order valence-electron chi connectivity index (χ3n) is 5.94. The summed E-state index contributed by atoms with van der Waals surface area (Å²) in [5, 5.41) is 2.32. The number of aromatic nitrogens is 3. The lowest BCUT2D eigenvalue weighted by Crippen LogP contribution is -1.96. The molecular weight excluding hydrogens is 414 g/mol. The van der Waals surface area contributed by atoms with Gasteiger partial charge in [0.25, 0.3) is 0 Å². The van der Waals surface area contributed by atoms with Gasteiger partial charge in [0.1, 0.15) is 0 Å². The molecule has 0 saturated carbocycles. The summed E-state index contributed by atoms with van der Waals surface area (Å²) in [5.74, 6) is 0.707. The van der Waals surface area contributed by atoms with Crippen LogP contribution in [-0.2, 0) is 0 Å². The van der Waals surface area contributed by atoms with Crippen molar-refractivity contribution in [2.45, 2.75) is 0 Å². The summed E-state index contributed by atoms with van der Waals surface area (Å²) in [5.41, 5.74) is 6.95. The zero-order valence-corrected chi connectivity index (χ0v) is 18.5. The maximum absolute atomic E-state index is 4.92. The fraction of sp³-hybridized carbons (Fsp3) is 0. The highest BCUT2D eigenvalue weighted by Crippen LogP contribution is 2.29. The van der Waals surface area contributed by atoms with Crippen molar-refractivity contribution in [3.05, 3.63) is 128 Å². The van der Waals surface area contributed by atoms with Crippen molar-refractivity contribution in [2.75, 3.05) is 0 Å². The van der Waals surface area contributed by atoms with Crippen molar-refractivity contribution in [1.82, 2.24) is 15.0 Å². The SMILES string of the molecule is c1ccc(-c2cc(-c3ccccc3)nc(-c3ccc(-c4cc5ccccc5cn4)cc3)n2)cc1. The van der Waals surface area contributed by atoms with Crippen LogP contribution in [0.1, 0.15) is 0 Å². The van der Waals surface area contributed by atoms with E-state index < -0.39 is 0 Å². The van der Waals surface area contributed by atoms with Crippen molar-refractivity contribution in [3.8, 4) is 45.2 Å². The zero-order valence-electron chi connectivity index (χ0n) is 18.5. The minimum absolute atomic E-state index is 0.707. The molecule has 0 spiro atoms. The fourth-order valence-electron chi connectivity index (χ4n) is 4.12. The predicted octanol–water partition coefficient (Wildman–Crippen LogP) is 7.69. The molecule has 2 heterocycles. The van der Waals surface area contributed by atoms with Crippen molar-refractivity contribution in [2.24, 2.45) is 0 Å². The molecule has 6 aromatic rings. The molecular formula is C31H21N3. The highest BCUT2D eigenvalue weighted by molar-refractivity contribution is 5.85. The molecule has 34 heavy (non-hydrogen) atoms. The molecule has 6 rings (SSSR count). The Morgan fingerprint density at radius 3 is 1.50 bits per heavy atom. The molecule has 0 bridgehead atoms. The Hall–Kier alpha value is -4.63. The topological polar surface area (TPSA) is 38.7 Å². The third-order valence-corrected chi connectivity index (χ3v) is 5.94. The quantitative estimate of drug-likeness (QED) is 0.285. The van der Waals surface area contributed by atoms with Gasteiger partial charge >= 0.3 is 0 Å². The average Bonchev–Trinajstić information content (AvgIpc) is 2.93. The average molecular weight is 436 g/mol. The Morgan fingerprint density at radius 2 is 0.882 bits per heavy atom. The van der Waals surface area contributed by atoms with Crippen LogP contribution < -0.4 is 0 Å². The van der Waals surface area contributed by atoms with E-state index in [4.69, 9.17) is 9.97 Å². The minimum Gasteiger partial charge on any atom is -0.256 e. The molecule has 0 aliphatic carbocycles. The van der Waals surface area contributed by atoms with Gasteiger partial charge in [0.15, 0.2) is 5.82 Å². The van der Waals surface area contributed by atoms with Gasteiger partial charge in [0.05, 0.1) is 17.1 Å². The molecule has 3 heteroatoms. The molecule has 0 saturated heterocycles. The Labute approximate surface area is 198 Å². The summed E-state index contributed by atoms with van der Waals surface area (Å²) in [7, 11) is 0. The van der Waals surface area contributed by atoms with E-state index in [9.17, 15) is 0 Å². The molecule has 0 aliphatic rings. The van der Waals surface area contributed by atoms with E-state index >= 15 is 0 Å². The number of hydrogen-bond acceptors (Lipinski definition) is 3. The highest BCUT2D eigenvalue weighted by atomic mass is 14.9. The molecule has 3 nitrogen and oxygen atoms in total. The Balaban J connectivity index is 1.42. The summed E-state index contributed by atoms with van der Waals surface area (Å²) in [4.78, 5) is 14.5. The first-order valence-corrected chi connectivity index (χ1v) is 11.3. The number of nitrogens with zero attached hydrogens (tertiary/aromatic N) is 3. The largest absolute Gasteiger partial charge is 0.256 e. The number of rotatable bonds is 4. The van der Waals surface area contributed by atoms with E-state index in [1.54, 1.807) is 0 Å². The maximum atomic E-state index is 4.92. The highest BCUT2D eigenvalue weighted by Gasteiger charge is 2.11. The fourth-order valence-corrected chi connectivity index (χ4v) is 4.12.